The van der Waals surface area contributed by atoms with Crippen LogP contribution in [-0.4, -0.2) is 24.4 Å². The van der Waals surface area contributed by atoms with Gasteiger partial charge in [0.05, 0.1) is 5.69 Å². The van der Waals surface area contributed by atoms with Crippen molar-refractivity contribution in [3.63, 3.8) is 0 Å². The second-order valence-electron chi connectivity index (χ2n) is 4.90. The number of piperazine rings is 1. The second kappa shape index (κ2) is 4.94. The number of hydrogen-bond acceptors (Lipinski definition) is 2. The predicted molar refractivity (Wildman–Crippen MR) is 81.2 cm³/mol. The molecule has 1 unspecified atom stereocenters. The van der Waals surface area contributed by atoms with Crippen molar-refractivity contribution in [1.82, 2.24) is 5.32 Å². The smallest absolute Gasteiger partial charge is 0.250 e. The molecule has 1 atom stereocenters. The van der Waals surface area contributed by atoms with Gasteiger partial charge in [-0.3, -0.25) is 9.59 Å². The molecule has 1 heterocycles. The lowest BCUT2D eigenvalue weighted by atomic mass is 10.1. The number of anilines is 1. The van der Waals surface area contributed by atoms with Crippen LogP contribution in [0.4, 0.5) is 5.69 Å². The standard InChI is InChI=1S/C13H12ClIN2O2/c14-8-3-4-10(9(15)5-8)17-6-11(18)16-12(13(17)19)7-1-2-7/h3-5,7,12H,1-2,6H2,(H,16,18). The highest BCUT2D eigenvalue weighted by Gasteiger charge is 2.43. The SMILES string of the molecule is O=C1CN(c2ccc(Cl)cc2I)C(=O)C(C2CC2)N1. The van der Waals surface area contributed by atoms with Gasteiger partial charge < -0.3 is 10.2 Å². The van der Waals surface area contributed by atoms with Gasteiger partial charge in [-0.1, -0.05) is 11.6 Å². The quantitative estimate of drug-likeness (QED) is 0.787. The highest BCUT2D eigenvalue weighted by molar-refractivity contribution is 14.1. The van der Waals surface area contributed by atoms with E-state index in [0.29, 0.717) is 10.9 Å². The number of amides is 2. The summed E-state index contributed by atoms with van der Waals surface area (Å²) in [4.78, 5) is 25.8. The Morgan fingerprint density at radius 1 is 1.32 bits per heavy atom. The molecule has 1 N–H and O–H groups in total. The monoisotopic (exact) mass is 390 g/mol. The molecule has 3 rings (SSSR count). The lowest BCUT2D eigenvalue weighted by molar-refractivity contribution is -0.131. The molecule has 1 aromatic carbocycles. The molecule has 1 aromatic rings. The lowest BCUT2D eigenvalue weighted by Crippen LogP contribution is -2.59. The van der Waals surface area contributed by atoms with Gasteiger partial charge in [0.1, 0.15) is 12.6 Å². The molecule has 19 heavy (non-hydrogen) atoms. The van der Waals surface area contributed by atoms with Gasteiger partial charge in [-0.25, -0.2) is 0 Å². The molecule has 6 heteroatoms. The minimum Gasteiger partial charge on any atom is -0.342 e. The molecule has 0 radical (unpaired) electrons. The molecule has 0 bridgehead atoms. The summed E-state index contributed by atoms with van der Waals surface area (Å²) in [5.41, 5.74) is 0.760. The molecule has 1 aliphatic heterocycles. The lowest BCUT2D eigenvalue weighted by Gasteiger charge is -2.33. The van der Waals surface area contributed by atoms with Crippen LogP contribution < -0.4 is 10.2 Å². The summed E-state index contributed by atoms with van der Waals surface area (Å²) in [5.74, 6) is 0.203. The summed E-state index contributed by atoms with van der Waals surface area (Å²) in [5, 5.41) is 3.43. The molecule has 1 saturated heterocycles. The fourth-order valence-electron chi connectivity index (χ4n) is 2.32. The Hall–Kier alpha value is -0.820. The molecule has 1 aliphatic carbocycles. The van der Waals surface area contributed by atoms with Crippen molar-refractivity contribution in [1.29, 1.82) is 0 Å². The number of carbonyl (C=O) groups excluding carboxylic acids is 2. The summed E-state index contributed by atoms with van der Waals surface area (Å²) >= 11 is 8.06. The highest BCUT2D eigenvalue weighted by atomic mass is 127. The Balaban J connectivity index is 1.93. The fraction of sp³-hybridized carbons (Fsp3) is 0.385. The topological polar surface area (TPSA) is 49.4 Å². The zero-order valence-electron chi connectivity index (χ0n) is 10.0. The average molecular weight is 391 g/mol. The van der Waals surface area contributed by atoms with Crippen molar-refractivity contribution < 1.29 is 9.59 Å². The molecular formula is C13H12ClIN2O2. The molecule has 2 aliphatic rings. The Bertz CT molecular complexity index is 560. The summed E-state index contributed by atoms with van der Waals surface area (Å²) in [6.45, 7) is 0.0830. The minimum atomic E-state index is -0.354. The van der Waals surface area contributed by atoms with Crippen molar-refractivity contribution in [2.24, 2.45) is 5.92 Å². The van der Waals surface area contributed by atoms with E-state index in [1.807, 2.05) is 0 Å². The number of nitrogens with one attached hydrogen (secondary N) is 1. The number of rotatable bonds is 2. The van der Waals surface area contributed by atoms with Gasteiger partial charge in [0.2, 0.25) is 11.8 Å². The number of halogens is 2. The Morgan fingerprint density at radius 3 is 2.68 bits per heavy atom. The largest absolute Gasteiger partial charge is 0.342 e. The zero-order valence-corrected chi connectivity index (χ0v) is 12.9. The third kappa shape index (κ3) is 2.58. The van der Waals surface area contributed by atoms with Crippen LogP contribution in [0.25, 0.3) is 0 Å². The molecule has 4 nitrogen and oxygen atoms in total. The molecule has 2 amide bonds. The highest BCUT2D eigenvalue weighted by Crippen LogP contribution is 2.36. The minimum absolute atomic E-state index is 0.0117. The molecule has 0 spiro atoms. The summed E-state index contributed by atoms with van der Waals surface area (Å²) < 4.78 is 0.877. The van der Waals surface area contributed by atoms with Crippen molar-refractivity contribution in [3.05, 3.63) is 26.8 Å². The van der Waals surface area contributed by atoms with E-state index < -0.39 is 0 Å². The van der Waals surface area contributed by atoms with Gasteiger partial charge in [-0.2, -0.15) is 0 Å². The number of hydrogen-bond donors (Lipinski definition) is 1. The fourth-order valence-corrected chi connectivity index (χ4v) is 3.49. The van der Waals surface area contributed by atoms with E-state index in [4.69, 9.17) is 11.6 Å². The third-order valence-electron chi connectivity index (χ3n) is 3.44. The molecule has 0 aromatic heterocycles. The van der Waals surface area contributed by atoms with E-state index in [1.54, 1.807) is 23.1 Å². The van der Waals surface area contributed by atoms with Crippen LogP contribution in [0.1, 0.15) is 12.8 Å². The van der Waals surface area contributed by atoms with Gasteiger partial charge in [0, 0.05) is 8.59 Å². The van der Waals surface area contributed by atoms with E-state index in [0.717, 1.165) is 22.1 Å². The first-order valence-corrected chi connectivity index (χ1v) is 7.58. The maximum Gasteiger partial charge on any atom is 0.250 e. The maximum absolute atomic E-state index is 12.5. The van der Waals surface area contributed by atoms with Crippen LogP contribution in [0.5, 0.6) is 0 Å². The van der Waals surface area contributed by atoms with Gasteiger partial charge in [-0.15, -0.1) is 0 Å². The Labute approximate surface area is 129 Å². The summed E-state index contributed by atoms with van der Waals surface area (Å²) in [6.07, 6.45) is 2.03. The van der Waals surface area contributed by atoms with Crippen LogP contribution in [0.15, 0.2) is 18.2 Å². The van der Waals surface area contributed by atoms with Crippen LogP contribution in [0.3, 0.4) is 0 Å². The van der Waals surface area contributed by atoms with E-state index in [1.165, 1.54) is 0 Å². The Kier molecular flexibility index (Phi) is 3.42. The predicted octanol–water partition coefficient (Wildman–Crippen LogP) is 2.19. The van der Waals surface area contributed by atoms with Crippen LogP contribution in [0, 0.1) is 9.49 Å². The van der Waals surface area contributed by atoms with Crippen LogP contribution in [0.2, 0.25) is 5.02 Å². The summed E-state index contributed by atoms with van der Waals surface area (Å²) in [6, 6.07) is 4.98. The number of carbonyl (C=O) groups is 2. The third-order valence-corrected chi connectivity index (χ3v) is 4.54. The van der Waals surface area contributed by atoms with Crippen LogP contribution >= 0.6 is 34.2 Å². The second-order valence-corrected chi connectivity index (χ2v) is 6.50. The number of benzene rings is 1. The van der Waals surface area contributed by atoms with Crippen molar-refractivity contribution in [2.75, 3.05) is 11.4 Å². The van der Waals surface area contributed by atoms with E-state index in [-0.39, 0.29) is 24.4 Å². The van der Waals surface area contributed by atoms with Crippen LogP contribution in [-0.2, 0) is 9.59 Å². The molecule has 100 valence electrons. The van der Waals surface area contributed by atoms with Crippen molar-refractivity contribution >= 4 is 51.7 Å². The van der Waals surface area contributed by atoms with E-state index in [2.05, 4.69) is 27.9 Å². The number of nitrogens with zero attached hydrogens (tertiary/aromatic N) is 1. The summed E-state index contributed by atoms with van der Waals surface area (Å²) in [7, 11) is 0. The Morgan fingerprint density at radius 2 is 2.05 bits per heavy atom. The first-order valence-electron chi connectivity index (χ1n) is 6.12. The zero-order chi connectivity index (χ0) is 13.6. The van der Waals surface area contributed by atoms with Crippen molar-refractivity contribution in [2.45, 2.75) is 18.9 Å². The average Bonchev–Trinajstić information content (AvgIpc) is 3.16. The van der Waals surface area contributed by atoms with Crippen molar-refractivity contribution in [3.8, 4) is 0 Å². The van der Waals surface area contributed by atoms with Gasteiger partial charge >= 0.3 is 0 Å². The first-order chi connectivity index (χ1) is 9.06. The van der Waals surface area contributed by atoms with Gasteiger partial charge in [0.15, 0.2) is 0 Å². The molecular weight excluding hydrogens is 379 g/mol. The normalized spacial score (nSPS) is 23.5. The molecule has 2 fully saturated rings. The van der Waals surface area contributed by atoms with E-state index in [9.17, 15) is 9.59 Å². The van der Waals surface area contributed by atoms with Gasteiger partial charge in [0.25, 0.3) is 0 Å². The first kappa shape index (κ1) is 13.2. The van der Waals surface area contributed by atoms with E-state index >= 15 is 0 Å². The van der Waals surface area contributed by atoms with Gasteiger partial charge in [-0.05, 0) is 59.5 Å². The molecule has 1 saturated carbocycles. The maximum atomic E-state index is 12.5.